The minimum atomic E-state index is -3.38. The summed E-state index contributed by atoms with van der Waals surface area (Å²) in [4.78, 5) is 0.292. The highest BCUT2D eigenvalue weighted by atomic mass is 35.5. The van der Waals surface area contributed by atoms with Gasteiger partial charge in [0.1, 0.15) is 0 Å². The Morgan fingerprint density at radius 3 is 2.60 bits per heavy atom. The second-order valence-electron chi connectivity index (χ2n) is 3.31. The molecule has 0 fully saturated rings. The molecule has 1 aromatic rings. The molecule has 0 spiro atoms. The van der Waals surface area contributed by atoms with Gasteiger partial charge in [0.25, 0.3) is 0 Å². The van der Waals surface area contributed by atoms with E-state index in [1.165, 1.54) is 6.07 Å². The number of halogens is 1. The molecule has 0 unspecified atom stereocenters. The number of sulfonamides is 1. The topological polar surface area (TPSA) is 46.2 Å². The van der Waals surface area contributed by atoms with Gasteiger partial charge < -0.3 is 0 Å². The molecule has 0 saturated heterocycles. The van der Waals surface area contributed by atoms with E-state index < -0.39 is 10.0 Å². The van der Waals surface area contributed by atoms with Crippen molar-refractivity contribution in [1.82, 2.24) is 4.72 Å². The van der Waals surface area contributed by atoms with Crippen LogP contribution in [0.1, 0.15) is 18.9 Å². The van der Waals surface area contributed by atoms with Gasteiger partial charge >= 0.3 is 0 Å². The summed E-state index contributed by atoms with van der Waals surface area (Å²) in [5.41, 5.74) is 0.658. The second kappa shape index (κ2) is 4.96. The third-order valence-electron chi connectivity index (χ3n) is 1.97. The van der Waals surface area contributed by atoms with E-state index >= 15 is 0 Å². The first kappa shape index (κ1) is 12.5. The van der Waals surface area contributed by atoms with Crippen molar-refractivity contribution in [2.75, 3.05) is 6.54 Å². The Hall–Kier alpha value is -0.580. The molecule has 3 nitrogen and oxygen atoms in total. The van der Waals surface area contributed by atoms with Crippen LogP contribution in [-0.4, -0.2) is 15.0 Å². The summed E-state index contributed by atoms with van der Waals surface area (Å²) in [6, 6.07) is 4.74. The van der Waals surface area contributed by atoms with Gasteiger partial charge in [-0.25, -0.2) is 13.1 Å². The normalized spacial score (nSPS) is 11.7. The highest BCUT2D eigenvalue weighted by molar-refractivity contribution is 7.89. The largest absolute Gasteiger partial charge is 0.240 e. The molecule has 0 heterocycles. The van der Waals surface area contributed by atoms with Crippen LogP contribution in [-0.2, 0) is 10.0 Å². The first-order valence-electron chi connectivity index (χ1n) is 4.73. The standard InChI is InChI=1S/C10H14ClNO2S/c1-3-6-12-15(13,14)10-5-4-9(11)7-8(10)2/h4-5,7,12H,3,6H2,1-2H3. The number of benzene rings is 1. The van der Waals surface area contributed by atoms with Crippen molar-refractivity contribution in [1.29, 1.82) is 0 Å². The fraction of sp³-hybridized carbons (Fsp3) is 0.400. The number of hydrogen-bond acceptors (Lipinski definition) is 2. The molecule has 0 amide bonds. The molecule has 84 valence electrons. The minimum absolute atomic E-state index is 0.292. The Morgan fingerprint density at radius 2 is 2.07 bits per heavy atom. The van der Waals surface area contributed by atoms with Crippen molar-refractivity contribution in [3.63, 3.8) is 0 Å². The molecular formula is C10H14ClNO2S. The van der Waals surface area contributed by atoms with Gasteiger partial charge in [0.05, 0.1) is 4.90 Å². The molecule has 0 aliphatic heterocycles. The van der Waals surface area contributed by atoms with Gasteiger partial charge in [-0.15, -0.1) is 0 Å². The fourth-order valence-electron chi connectivity index (χ4n) is 1.23. The molecule has 0 atom stereocenters. The number of rotatable bonds is 4. The number of hydrogen-bond donors (Lipinski definition) is 1. The van der Waals surface area contributed by atoms with Gasteiger partial charge in [-0.3, -0.25) is 0 Å². The molecular weight excluding hydrogens is 234 g/mol. The quantitative estimate of drug-likeness (QED) is 0.888. The molecule has 0 aliphatic carbocycles. The van der Waals surface area contributed by atoms with Crippen LogP contribution in [0.2, 0.25) is 5.02 Å². The Labute approximate surface area is 95.5 Å². The Kier molecular flexibility index (Phi) is 4.13. The maximum Gasteiger partial charge on any atom is 0.240 e. The highest BCUT2D eigenvalue weighted by Crippen LogP contribution is 2.19. The van der Waals surface area contributed by atoms with Crippen molar-refractivity contribution < 1.29 is 8.42 Å². The lowest BCUT2D eigenvalue weighted by Gasteiger charge is -2.08. The number of aryl methyl sites for hydroxylation is 1. The molecule has 5 heteroatoms. The van der Waals surface area contributed by atoms with E-state index in [1.807, 2.05) is 6.92 Å². The predicted octanol–water partition coefficient (Wildman–Crippen LogP) is 2.34. The smallest absolute Gasteiger partial charge is 0.211 e. The molecule has 0 aliphatic rings. The third-order valence-corrected chi connectivity index (χ3v) is 3.82. The van der Waals surface area contributed by atoms with Crippen LogP contribution in [0.4, 0.5) is 0 Å². The molecule has 0 saturated carbocycles. The van der Waals surface area contributed by atoms with Crippen molar-refractivity contribution in [2.24, 2.45) is 0 Å². The summed E-state index contributed by atoms with van der Waals surface area (Å²) in [6.07, 6.45) is 0.770. The molecule has 0 bridgehead atoms. The number of nitrogens with one attached hydrogen (secondary N) is 1. The van der Waals surface area contributed by atoms with Crippen LogP contribution >= 0.6 is 11.6 Å². The summed E-state index contributed by atoms with van der Waals surface area (Å²) in [7, 11) is -3.38. The van der Waals surface area contributed by atoms with E-state index in [0.717, 1.165) is 6.42 Å². The van der Waals surface area contributed by atoms with Crippen LogP contribution in [0.5, 0.6) is 0 Å². The molecule has 1 N–H and O–H groups in total. The van der Waals surface area contributed by atoms with Crippen molar-refractivity contribution in [3.05, 3.63) is 28.8 Å². The third kappa shape index (κ3) is 3.19. The van der Waals surface area contributed by atoms with E-state index in [0.29, 0.717) is 22.0 Å². The van der Waals surface area contributed by atoms with Crippen LogP contribution < -0.4 is 4.72 Å². The van der Waals surface area contributed by atoms with Crippen LogP contribution in [0, 0.1) is 6.92 Å². The minimum Gasteiger partial charge on any atom is -0.211 e. The Bertz CT molecular complexity index is 443. The SMILES string of the molecule is CCCNS(=O)(=O)c1ccc(Cl)cc1C. The van der Waals surface area contributed by atoms with Gasteiger partial charge in [-0.1, -0.05) is 18.5 Å². The molecule has 0 radical (unpaired) electrons. The van der Waals surface area contributed by atoms with Gasteiger partial charge in [0, 0.05) is 11.6 Å². The summed E-state index contributed by atoms with van der Waals surface area (Å²) in [6.45, 7) is 4.09. The average Bonchev–Trinajstić information content (AvgIpc) is 2.14. The van der Waals surface area contributed by atoms with Gasteiger partial charge in [0.15, 0.2) is 0 Å². The van der Waals surface area contributed by atoms with Crippen LogP contribution in [0.3, 0.4) is 0 Å². The van der Waals surface area contributed by atoms with Crippen LogP contribution in [0.25, 0.3) is 0 Å². The van der Waals surface area contributed by atoms with E-state index in [-0.39, 0.29) is 0 Å². The molecule has 15 heavy (non-hydrogen) atoms. The second-order valence-corrected chi connectivity index (χ2v) is 5.48. The highest BCUT2D eigenvalue weighted by Gasteiger charge is 2.15. The maximum atomic E-state index is 11.8. The summed E-state index contributed by atoms with van der Waals surface area (Å²) in [5, 5.41) is 0.543. The van der Waals surface area contributed by atoms with E-state index in [9.17, 15) is 8.42 Å². The van der Waals surface area contributed by atoms with Gasteiger partial charge in [0.2, 0.25) is 10.0 Å². The molecule has 0 aromatic heterocycles. The van der Waals surface area contributed by atoms with E-state index in [4.69, 9.17) is 11.6 Å². The molecule has 1 aromatic carbocycles. The van der Waals surface area contributed by atoms with Gasteiger partial charge in [-0.2, -0.15) is 0 Å². The van der Waals surface area contributed by atoms with Crippen molar-refractivity contribution in [2.45, 2.75) is 25.2 Å². The zero-order valence-corrected chi connectivity index (χ0v) is 10.3. The molecule has 1 rings (SSSR count). The lowest BCUT2D eigenvalue weighted by Crippen LogP contribution is -2.25. The van der Waals surface area contributed by atoms with E-state index in [1.54, 1.807) is 19.1 Å². The summed E-state index contributed by atoms with van der Waals surface area (Å²) in [5.74, 6) is 0. The predicted molar refractivity (Wildman–Crippen MR) is 61.7 cm³/mol. The van der Waals surface area contributed by atoms with E-state index in [2.05, 4.69) is 4.72 Å². The summed E-state index contributed by atoms with van der Waals surface area (Å²) < 4.78 is 26.1. The maximum absolute atomic E-state index is 11.8. The lowest BCUT2D eigenvalue weighted by atomic mass is 10.2. The van der Waals surface area contributed by atoms with Gasteiger partial charge in [-0.05, 0) is 37.1 Å². The van der Waals surface area contributed by atoms with Crippen molar-refractivity contribution >= 4 is 21.6 Å². The zero-order valence-electron chi connectivity index (χ0n) is 8.75. The monoisotopic (exact) mass is 247 g/mol. The van der Waals surface area contributed by atoms with Crippen LogP contribution in [0.15, 0.2) is 23.1 Å². The lowest BCUT2D eigenvalue weighted by molar-refractivity contribution is 0.580. The Balaban J connectivity index is 3.05. The zero-order chi connectivity index (χ0) is 11.5. The first-order valence-corrected chi connectivity index (χ1v) is 6.59. The Morgan fingerprint density at radius 1 is 1.40 bits per heavy atom. The van der Waals surface area contributed by atoms with Crippen molar-refractivity contribution in [3.8, 4) is 0 Å². The summed E-state index contributed by atoms with van der Waals surface area (Å²) >= 11 is 5.76. The fourth-order valence-corrected chi connectivity index (χ4v) is 2.81. The average molecular weight is 248 g/mol. The first-order chi connectivity index (χ1) is 6.97.